The van der Waals surface area contributed by atoms with E-state index in [1.807, 2.05) is 0 Å². The van der Waals surface area contributed by atoms with Crippen molar-refractivity contribution in [3.05, 3.63) is 69.7 Å². The first-order valence-corrected chi connectivity index (χ1v) is 6.29. The van der Waals surface area contributed by atoms with Crippen LogP contribution in [0.5, 0.6) is 5.75 Å². The summed E-state index contributed by atoms with van der Waals surface area (Å²) in [4.78, 5) is 11.9. The van der Waals surface area contributed by atoms with Gasteiger partial charge in [-0.3, -0.25) is 4.79 Å². The van der Waals surface area contributed by atoms with Crippen molar-refractivity contribution in [1.82, 2.24) is 0 Å². The van der Waals surface area contributed by atoms with Crippen molar-refractivity contribution in [2.24, 2.45) is 0 Å². The second-order valence-electron chi connectivity index (χ2n) is 3.89. The highest BCUT2D eigenvalue weighted by Crippen LogP contribution is 2.23. The molecule has 0 atom stereocenters. The minimum Gasteiger partial charge on any atom is -0.507 e. The molecule has 0 amide bonds. The molecule has 19 heavy (non-hydrogen) atoms. The largest absolute Gasteiger partial charge is 0.507 e. The van der Waals surface area contributed by atoms with E-state index >= 15 is 0 Å². The average Bonchev–Trinajstić information content (AvgIpc) is 2.40. The van der Waals surface area contributed by atoms with Gasteiger partial charge in [0, 0.05) is 11.1 Å². The number of benzene rings is 2. The zero-order valence-corrected chi connectivity index (χ0v) is 11.3. The molecule has 0 aromatic heterocycles. The van der Waals surface area contributed by atoms with Crippen LogP contribution in [0, 0.1) is 0 Å². The van der Waals surface area contributed by atoms with E-state index in [1.54, 1.807) is 42.5 Å². The quantitative estimate of drug-likeness (QED) is 0.663. The number of halogens is 2. The molecule has 0 unspecified atom stereocenters. The minimum absolute atomic E-state index is 0.126. The summed E-state index contributed by atoms with van der Waals surface area (Å²) in [5.41, 5.74) is 1.02. The molecule has 4 heteroatoms. The number of phenolic OH excluding ortho intramolecular Hbond substituents is 1. The zero-order valence-electron chi connectivity index (χ0n) is 9.81. The monoisotopic (exact) mass is 292 g/mol. The third-order valence-corrected chi connectivity index (χ3v) is 3.29. The van der Waals surface area contributed by atoms with Crippen LogP contribution in [-0.2, 0) is 0 Å². The molecule has 0 radical (unpaired) electrons. The van der Waals surface area contributed by atoms with E-state index in [4.69, 9.17) is 23.2 Å². The Kier molecular flexibility index (Phi) is 4.25. The number of carbonyl (C=O) groups is 1. The highest BCUT2D eigenvalue weighted by molar-refractivity contribution is 6.42. The molecule has 2 aromatic carbocycles. The third kappa shape index (κ3) is 3.37. The van der Waals surface area contributed by atoms with Gasteiger partial charge in [0.1, 0.15) is 5.75 Å². The summed E-state index contributed by atoms with van der Waals surface area (Å²) >= 11 is 11.6. The average molecular weight is 293 g/mol. The maximum Gasteiger partial charge on any atom is 0.185 e. The van der Waals surface area contributed by atoms with E-state index in [0.717, 1.165) is 0 Å². The van der Waals surface area contributed by atoms with E-state index < -0.39 is 0 Å². The second-order valence-corrected chi connectivity index (χ2v) is 4.70. The summed E-state index contributed by atoms with van der Waals surface area (Å²) in [7, 11) is 0. The number of para-hydroxylation sites is 1. The lowest BCUT2D eigenvalue weighted by molar-refractivity contribution is 0.104. The van der Waals surface area contributed by atoms with Crippen LogP contribution in [-0.4, -0.2) is 10.9 Å². The van der Waals surface area contributed by atoms with Gasteiger partial charge < -0.3 is 5.11 Å². The standard InChI is InChI=1S/C15H10Cl2O2/c16-12-7-5-11(9-13(12)17)15(19)8-6-10-3-1-2-4-14(10)18/h1-9,18H. The van der Waals surface area contributed by atoms with Gasteiger partial charge in [0.15, 0.2) is 5.78 Å². The third-order valence-electron chi connectivity index (χ3n) is 2.56. The number of rotatable bonds is 3. The van der Waals surface area contributed by atoms with E-state index in [1.165, 1.54) is 12.1 Å². The maximum atomic E-state index is 11.9. The Hall–Kier alpha value is -1.77. The van der Waals surface area contributed by atoms with Gasteiger partial charge in [-0.25, -0.2) is 0 Å². The van der Waals surface area contributed by atoms with Gasteiger partial charge in [0.05, 0.1) is 10.0 Å². The van der Waals surface area contributed by atoms with Crippen LogP contribution in [0.2, 0.25) is 10.0 Å². The second kappa shape index (κ2) is 5.91. The molecule has 0 fully saturated rings. The number of aromatic hydroxyl groups is 1. The lowest BCUT2D eigenvalue weighted by atomic mass is 10.1. The highest BCUT2D eigenvalue weighted by Gasteiger charge is 2.05. The van der Waals surface area contributed by atoms with Crippen molar-refractivity contribution < 1.29 is 9.90 Å². The van der Waals surface area contributed by atoms with Crippen molar-refractivity contribution in [2.45, 2.75) is 0 Å². The molecule has 0 aliphatic rings. The molecule has 2 rings (SSSR count). The summed E-state index contributed by atoms with van der Waals surface area (Å²) in [5.74, 6) is -0.0810. The Bertz CT molecular complexity index is 648. The van der Waals surface area contributed by atoms with Gasteiger partial charge in [-0.2, -0.15) is 0 Å². The van der Waals surface area contributed by atoms with Gasteiger partial charge in [0.2, 0.25) is 0 Å². The van der Waals surface area contributed by atoms with Crippen molar-refractivity contribution >= 4 is 35.1 Å². The van der Waals surface area contributed by atoms with E-state index in [-0.39, 0.29) is 11.5 Å². The van der Waals surface area contributed by atoms with Gasteiger partial charge in [-0.15, -0.1) is 0 Å². The van der Waals surface area contributed by atoms with Gasteiger partial charge in [-0.05, 0) is 36.4 Å². The van der Waals surface area contributed by atoms with Gasteiger partial charge in [-0.1, -0.05) is 41.4 Å². The topological polar surface area (TPSA) is 37.3 Å². The maximum absolute atomic E-state index is 11.9. The number of carbonyl (C=O) groups excluding carboxylic acids is 1. The molecule has 0 saturated heterocycles. The number of phenols is 1. The Balaban J connectivity index is 2.21. The summed E-state index contributed by atoms with van der Waals surface area (Å²) in [6, 6.07) is 11.5. The number of allylic oxidation sites excluding steroid dienone is 1. The fourth-order valence-corrected chi connectivity index (χ4v) is 1.84. The summed E-state index contributed by atoms with van der Waals surface area (Å²) < 4.78 is 0. The lowest BCUT2D eigenvalue weighted by Crippen LogP contribution is -1.93. The molecule has 0 spiro atoms. The molecule has 2 nitrogen and oxygen atoms in total. The Labute approximate surface area is 120 Å². The summed E-state index contributed by atoms with van der Waals surface area (Å²) in [6.45, 7) is 0. The zero-order chi connectivity index (χ0) is 13.8. The van der Waals surface area contributed by atoms with Crippen LogP contribution in [0.3, 0.4) is 0 Å². The molecule has 96 valence electrons. The summed E-state index contributed by atoms with van der Waals surface area (Å²) in [5, 5.41) is 10.3. The van der Waals surface area contributed by atoms with Crippen LogP contribution in [0.4, 0.5) is 0 Å². The molecular weight excluding hydrogens is 283 g/mol. The Morgan fingerprint density at radius 1 is 1.05 bits per heavy atom. The SMILES string of the molecule is O=C(C=Cc1ccccc1O)c1ccc(Cl)c(Cl)c1. The van der Waals surface area contributed by atoms with Crippen LogP contribution in [0.15, 0.2) is 48.5 Å². The molecule has 0 saturated carbocycles. The van der Waals surface area contributed by atoms with Crippen molar-refractivity contribution in [2.75, 3.05) is 0 Å². The molecule has 0 aliphatic carbocycles. The fourth-order valence-electron chi connectivity index (χ4n) is 1.54. The lowest BCUT2D eigenvalue weighted by Gasteiger charge is -2.00. The van der Waals surface area contributed by atoms with Gasteiger partial charge >= 0.3 is 0 Å². The first-order chi connectivity index (χ1) is 9.08. The molecule has 1 N–H and O–H groups in total. The van der Waals surface area contributed by atoms with Crippen molar-refractivity contribution in [3.63, 3.8) is 0 Å². The van der Waals surface area contributed by atoms with Crippen LogP contribution in [0.1, 0.15) is 15.9 Å². The van der Waals surface area contributed by atoms with E-state index in [9.17, 15) is 9.90 Å². The van der Waals surface area contributed by atoms with E-state index in [2.05, 4.69) is 0 Å². The number of hydrogen-bond donors (Lipinski definition) is 1. The van der Waals surface area contributed by atoms with Crippen LogP contribution >= 0.6 is 23.2 Å². The van der Waals surface area contributed by atoms with Crippen molar-refractivity contribution in [1.29, 1.82) is 0 Å². The number of hydrogen-bond acceptors (Lipinski definition) is 2. The fraction of sp³-hybridized carbons (Fsp3) is 0. The predicted molar refractivity (Wildman–Crippen MR) is 77.9 cm³/mol. The Morgan fingerprint density at radius 3 is 2.47 bits per heavy atom. The molecular formula is C15H10Cl2O2. The van der Waals surface area contributed by atoms with Crippen LogP contribution in [0.25, 0.3) is 6.08 Å². The molecule has 0 aliphatic heterocycles. The first-order valence-electron chi connectivity index (χ1n) is 5.53. The predicted octanol–water partition coefficient (Wildman–Crippen LogP) is 4.60. The molecule has 0 bridgehead atoms. The van der Waals surface area contributed by atoms with Gasteiger partial charge in [0.25, 0.3) is 0 Å². The number of ketones is 1. The molecule has 2 aromatic rings. The molecule has 0 heterocycles. The summed E-state index contributed by atoms with van der Waals surface area (Å²) in [6.07, 6.45) is 2.94. The van der Waals surface area contributed by atoms with Crippen molar-refractivity contribution in [3.8, 4) is 5.75 Å². The Morgan fingerprint density at radius 2 is 1.79 bits per heavy atom. The minimum atomic E-state index is -0.207. The van der Waals surface area contributed by atoms with E-state index in [0.29, 0.717) is 21.2 Å². The smallest absolute Gasteiger partial charge is 0.185 e. The normalized spacial score (nSPS) is 10.8. The highest BCUT2D eigenvalue weighted by atomic mass is 35.5. The first kappa shape index (κ1) is 13.7. The van der Waals surface area contributed by atoms with Crippen LogP contribution < -0.4 is 0 Å².